The molecule has 1 saturated carbocycles. The molecule has 0 spiro atoms. The molecule has 0 atom stereocenters. The predicted molar refractivity (Wildman–Crippen MR) is 103 cm³/mol. The van der Waals surface area contributed by atoms with Gasteiger partial charge in [0.15, 0.2) is 18.1 Å². The van der Waals surface area contributed by atoms with Gasteiger partial charge in [0.1, 0.15) is 0 Å². The van der Waals surface area contributed by atoms with Gasteiger partial charge in [-0.1, -0.05) is 25.3 Å². The quantitative estimate of drug-likeness (QED) is 0.489. The first-order chi connectivity index (χ1) is 14.4. The number of carbonyl (C=O) groups excluding carboxylic acids is 3. The van der Waals surface area contributed by atoms with Crippen LogP contribution in [-0.4, -0.2) is 44.3 Å². The highest BCUT2D eigenvalue weighted by Gasteiger charge is 2.17. The van der Waals surface area contributed by atoms with Gasteiger partial charge in [0.2, 0.25) is 0 Å². The summed E-state index contributed by atoms with van der Waals surface area (Å²) in [6.45, 7) is -3.61. The second-order valence-electron chi connectivity index (χ2n) is 6.59. The Labute approximate surface area is 172 Å². The van der Waals surface area contributed by atoms with Crippen molar-refractivity contribution in [1.29, 1.82) is 0 Å². The highest BCUT2D eigenvalue weighted by molar-refractivity contribution is 5.96. The highest BCUT2D eigenvalue weighted by atomic mass is 19.3. The van der Waals surface area contributed by atoms with Crippen LogP contribution in [0.1, 0.15) is 37.7 Å². The number of ether oxygens (including phenoxy) is 3. The normalized spacial score (nSPS) is 14.4. The van der Waals surface area contributed by atoms with E-state index in [1.807, 2.05) is 0 Å². The van der Waals surface area contributed by atoms with Crippen molar-refractivity contribution in [3.63, 3.8) is 0 Å². The number of hydrogen-bond donors (Lipinski definition) is 2. The van der Waals surface area contributed by atoms with Gasteiger partial charge in [0.25, 0.3) is 5.91 Å². The summed E-state index contributed by atoms with van der Waals surface area (Å²) in [7, 11) is 1.29. The molecule has 1 aromatic carbocycles. The monoisotopic (exact) mass is 426 g/mol. The van der Waals surface area contributed by atoms with E-state index in [1.54, 1.807) is 0 Å². The van der Waals surface area contributed by atoms with E-state index in [2.05, 4.69) is 15.4 Å². The molecule has 0 saturated heterocycles. The molecule has 0 aromatic heterocycles. The molecule has 1 fully saturated rings. The first-order valence-corrected chi connectivity index (χ1v) is 9.45. The van der Waals surface area contributed by atoms with Gasteiger partial charge < -0.3 is 19.5 Å². The molecule has 164 valence electrons. The van der Waals surface area contributed by atoms with Gasteiger partial charge in [-0.3, -0.25) is 10.1 Å². The van der Waals surface area contributed by atoms with Crippen LogP contribution in [0.25, 0.3) is 6.08 Å². The third-order valence-electron chi connectivity index (χ3n) is 4.35. The molecular weight excluding hydrogens is 402 g/mol. The number of imide groups is 1. The second-order valence-corrected chi connectivity index (χ2v) is 6.59. The lowest BCUT2D eigenvalue weighted by molar-refractivity contribution is -0.143. The van der Waals surface area contributed by atoms with Crippen LogP contribution in [0.2, 0.25) is 0 Å². The van der Waals surface area contributed by atoms with Gasteiger partial charge in [-0.25, -0.2) is 9.59 Å². The van der Waals surface area contributed by atoms with Gasteiger partial charge in [-0.2, -0.15) is 8.78 Å². The summed E-state index contributed by atoms with van der Waals surface area (Å²) in [6.07, 6.45) is 7.38. The molecule has 0 aliphatic heterocycles. The molecule has 1 aromatic rings. The van der Waals surface area contributed by atoms with Gasteiger partial charge in [0, 0.05) is 12.1 Å². The van der Waals surface area contributed by atoms with Crippen molar-refractivity contribution in [3.8, 4) is 11.5 Å². The van der Waals surface area contributed by atoms with Crippen molar-refractivity contribution in [1.82, 2.24) is 10.6 Å². The van der Waals surface area contributed by atoms with E-state index in [0.717, 1.165) is 38.2 Å². The lowest BCUT2D eigenvalue weighted by atomic mass is 9.96. The van der Waals surface area contributed by atoms with Gasteiger partial charge in [-0.15, -0.1) is 0 Å². The SMILES string of the molecule is COc1cc(/C=C\C(=O)OCC(=O)NC(=O)NC2CCCCC2)ccc1OC(F)F. The zero-order valence-corrected chi connectivity index (χ0v) is 16.5. The number of rotatable bonds is 8. The molecule has 1 aliphatic rings. The molecule has 30 heavy (non-hydrogen) atoms. The number of carbonyl (C=O) groups is 3. The summed E-state index contributed by atoms with van der Waals surface area (Å²) in [4.78, 5) is 35.2. The molecular formula is C20H24F2N2O6. The smallest absolute Gasteiger partial charge is 0.387 e. The number of nitrogens with one attached hydrogen (secondary N) is 2. The number of halogens is 2. The van der Waals surface area contributed by atoms with Crippen molar-refractivity contribution < 1.29 is 37.4 Å². The van der Waals surface area contributed by atoms with Crippen LogP contribution in [0.5, 0.6) is 11.5 Å². The maximum absolute atomic E-state index is 12.3. The van der Waals surface area contributed by atoms with Crippen molar-refractivity contribution in [2.24, 2.45) is 0 Å². The minimum Gasteiger partial charge on any atom is -0.493 e. The van der Waals surface area contributed by atoms with E-state index in [1.165, 1.54) is 31.4 Å². The fourth-order valence-electron chi connectivity index (χ4n) is 2.96. The first kappa shape index (κ1) is 23.1. The van der Waals surface area contributed by atoms with Crippen molar-refractivity contribution in [3.05, 3.63) is 29.8 Å². The zero-order valence-electron chi connectivity index (χ0n) is 16.5. The number of esters is 1. The average molecular weight is 426 g/mol. The predicted octanol–water partition coefficient (Wildman–Crippen LogP) is 3.01. The number of benzene rings is 1. The third kappa shape index (κ3) is 8.06. The molecule has 0 radical (unpaired) electrons. The van der Waals surface area contributed by atoms with Crippen molar-refractivity contribution in [2.75, 3.05) is 13.7 Å². The largest absolute Gasteiger partial charge is 0.493 e. The Morgan fingerprint density at radius 3 is 2.57 bits per heavy atom. The first-order valence-electron chi connectivity index (χ1n) is 9.45. The number of hydrogen-bond acceptors (Lipinski definition) is 6. The Morgan fingerprint density at radius 2 is 1.90 bits per heavy atom. The van der Waals surface area contributed by atoms with E-state index >= 15 is 0 Å². The minimum absolute atomic E-state index is 0.0477. The lowest BCUT2D eigenvalue weighted by Crippen LogP contribution is -2.46. The maximum atomic E-state index is 12.3. The topological polar surface area (TPSA) is 103 Å². The van der Waals surface area contributed by atoms with Crippen LogP contribution < -0.4 is 20.1 Å². The molecule has 10 heteroatoms. The van der Waals surface area contributed by atoms with Gasteiger partial charge in [-0.05, 0) is 36.6 Å². The molecule has 3 amide bonds. The van der Waals surface area contributed by atoms with Gasteiger partial charge in [0.05, 0.1) is 7.11 Å². The number of amides is 3. The van der Waals surface area contributed by atoms with Gasteiger partial charge >= 0.3 is 18.6 Å². The van der Waals surface area contributed by atoms with E-state index in [-0.39, 0.29) is 17.5 Å². The van der Waals surface area contributed by atoms with Crippen LogP contribution in [0.4, 0.5) is 13.6 Å². The minimum atomic E-state index is -2.99. The van der Waals surface area contributed by atoms with Crippen molar-refractivity contribution in [2.45, 2.75) is 44.8 Å². The molecule has 2 rings (SSSR count). The highest BCUT2D eigenvalue weighted by Crippen LogP contribution is 2.29. The van der Waals surface area contributed by atoms with Crippen LogP contribution in [0.15, 0.2) is 24.3 Å². The molecule has 2 N–H and O–H groups in total. The second kappa shape index (κ2) is 11.7. The third-order valence-corrected chi connectivity index (χ3v) is 4.35. The van der Waals surface area contributed by atoms with E-state index in [0.29, 0.717) is 5.56 Å². The van der Waals surface area contributed by atoms with E-state index < -0.39 is 31.1 Å². The summed E-state index contributed by atoms with van der Waals surface area (Å²) < 4.78 is 38.7. The van der Waals surface area contributed by atoms with Crippen LogP contribution in [-0.2, 0) is 14.3 Å². The van der Waals surface area contributed by atoms with Crippen LogP contribution in [0, 0.1) is 0 Å². The fourth-order valence-corrected chi connectivity index (χ4v) is 2.96. The van der Waals surface area contributed by atoms with E-state index in [4.69, 9.17) is 9.47 Å². The molecule has 0 bridgehead atoms. The molecule has 1 aliphatic carbocycles. The summed E-state index contributed by atoms with van der Waals surface area (Å²) in [5.74, 6) is -1.64. The lowest BCUT2D eigenvalue weighted by Gasteiger charge is -2.22. The summed E-state index contributed by atoms with van der Waals surface area (Å²) in [5, 5.41) is 4.83. The number of alkyl halides is 2. The Morgan fingerprint density at radius 1 is 1.17 bits per heavy atom. The molecule has 8 nitrogen and oxygen atoms in total. The fraction of sp³-hybridized carbons (Fsp3) is 0.450. The maximum Gasteiger partial charge on any atom is 0.387 e. The zero-order chi connectivity index (χ0) is 21.9. The Hall–Kier alpha value is -3.17. The Balaban J connectivity index is 1.77. The van der Waals surface area contributed by atoms with Crippen LogP contribution >= 0.6 is 0 Å². The Bertz CT molecular complexity index is 779. The standard InChI is InChI=1S/C20H24F2N2O6/c1-28-16-11-13(7-9-15(16)30-19(21)22)8-10-18(26)29-12-17(25)24-20(27)23-14-5-3-2-4-6-14/h7-11,14,19H,2-6,12H2,1H3,(H2,23,24,25,27)/b10-8-. The number of methoxy groups -OCH3 is 1. The van der Waals surface area contributed by atoms with E-state index in [9.17, 15) is 23.2 Å². The van der Waals surface area contributed by atoms with Crippen molar-refractivity contribution >= 4 is 24.0 Å². The summed E-state index contributed by atoms with van der Waals surface area (Å²) in [5.41, 5.74) is 0.460. The Kier molecular flexibility index (Phi) is 9.04. The average Bonchev–Trinajstić information content (AvgIpc) is 2.71. The van der Waals surface area contributed by atoms with Crippen LogP contribution in [0.3, 0.4) is 0 Å². The molecule has 0 heterocycles. The summed E-state index contributed by atoms with van der Waals surface area (Å²) >= 11 is 0. The summed E-state index contributed by atoms with van der Waals surface area (Å²) in [6, 6.07) is 3.54. The molecule has 0 unspecified atom stereocenters. The number of urea groups is 1.